The van der Waals surface area contributed by atoms with E-state index in [0.717, 1.165) is 11.3 Å². The van der Waals surface area contributed by atoms with E-state index in [1.54, 1.807) is 24.3 Å². The van der Waals surface area contributed by atoms with Gasteiger partial charge in [-0.2, -0.15) is 0 Å². The second-order valence-corrected chi connectivity index (χ2v) is 5.51. The Morgan fingerprint density at radius 3 is 2.43 bits per heavy atom. The van der Waals surface area contributed by atoms with Crippen LogP contribution in [0.4, 0.5) is 0 Å². The van der Waals surface area contributed by atoms with Gasteiger partial charge in [-0.05, 0) is 25.5 Å². The maximum absolute atomic E-state index is 11.9. The Bertz CT molecular complexity index is 764. The van der Waals surface area contributed by atoms with E-state index in [4.69, 9.17) is 0 Å². The number of rotatable bonds is 6. The van der Waals surface area contributed by atoms with Gasteiger partial charge in [0.25, 0.3) is 5.56 Å². The van der Waals surface area contributed by atoms with Crippen molar-refractivity contribution in [2.75, 3.05) is 0 Å². The van der Waals surface area contributed by atoms with Gasteiger partial charge in [-0.1, -0.05) is 30.3 Å². The van der Waals surface area contributed by atoms with Crippen molar-refractivity contribution in [2.24, 2.45) is 0 Å². The zero-order chi connectivity index (χ0) is 16.8. The molecule has 0 atom stereocenters. The molecule has 1 aromatic heterocycles. The summed E-state index contributed by atoms with van der Waals surface area (Å²) >= 11 is 0. The number of H-pyrrole nitrogens is 1. The minimum Gasteiger partial charge on any atom is -0.352 e. The summed E-state index contributed by atoms with van der Waals surface area (Å²) in [6.45, 7) is 3.81. The highest BCUT2D eigenvalue weighted by molar-refractivity contribution is 5.97. The lowest BCUT2D eigenvalue weighted by atomic mass is 10.1. The molecule has 0 bridgehead atoms. The van der Waals surface area contributed by atoms with E-state index in [0.29, 0.717) is 11.1 Å². The average Bonchev–Trinajstić information content (AvgIpc) is 2.52. The summed E-state index contributed by atoms with van der Waals surface area (Å²) in [5, 5.41) is 2.70. The Hall–Kier alpha value is -2.69. The molecule has 2 rings (SSSR count). The van der Waals surface area contributed by atoms with Crippen molar-refractivity contribution < 1.29 is 9.59 Å². The molecule has 0 unspecified atom stereocenters. The monoisotopic (exact) mass is 312 g/mol. The molecule has 2 N–H and O–H groups in total. The number of carbonyl (C=O) groups excluding carboxylic acids is 2. The minimum atomic E-state index is -0.242. The predicted molar refractivity (Wildman–Crippen MR) is 88.4 cm³/mol. The van der Waals surface area contributed by atoms with Gasteiger partial charge in [0, 0.05) is 36.2 Å². The smallest absolute Gasteiger partial charge is 0.253 e. The van der Waals surface area contributed by atoms with E-state index in [9.17, 15) is 14.4 Å². The highest BCUT2D eigenvalue weighted by Crippen LogP contribution is 2.06. The number of nitrogens with one attached hydrogen (secondary N) is 2. The lowest BCUT2D eigenvalue weighted by Gasteiger charge is -2.08. The van der Waals surface area contributed by atoms with Crippen molar-refractivity contribution in [2.45, 2.75) is 33.2 Å². The van der Waals surface area contributed by atoms with Crippen molar-refractivity contribution in [1.82, 2.24) is 10.3 Å². The third-order valence-corrected chi connectivity index (χ3v) is 3.63. The highest BCUT2D eigenvalue weighted by atomic mass is 16.2. The molecule has 23 heavy (non-hydrogen) atoms. The van der Waals surface area contributed by atoms with E-state index >= 15 is 0 Å². The maximum atomic E-state index is 11.9. The van der Waals surface area contributed by atoms with Crippen molar-refractivity contribution in [3.8, 4) is 0 Å². The zero-order valence-electron chi connectivity index (χ0n) is 13.3. The molecular formula is C18H20N2O3. The fourth-order valence-electron chi connectivity index (χ4n) is 2.37. The van der Waals surface area contributed by atoms with E-state index in [2.05, 4.69) is 10.3 Å². The number of aromatic amines is 1. The van der Waals surface area contributed by atoms with Gasteiger partial charge in [0.1, 0.15) is 0 Å². The van der Waals surface area contributed by atoms with Gasteiger partial charge in [0.2, 0.25) is 5.91 Å². The summed E-state index contributed by atoms with van der Waals surface area (Å²) < 4.78 is 0. The molecule has 0 aliphatic carbocycles. The fraction of sp³-hybridized carbons (Fsp3) is 0.278. The molecule has 1 amide bonds. The first-order chi connectivity index (χ1) is 11.0. The van der Waals surface area contributed by atoms with Crippen LogP contribution in [0.2, 0.25) is 0 Å². The van der Waals surface area contributed by atoms with Crippen LogP contribution in [0.25, 0.3) is 0 Å². The molecule has 0 radical (unpaired) electrons. The zero-order valence-corrected chi connectivity index (χ0v) is 13.3. The first-order valence-corrected chi connectivity index (χ1v) is 7.51. The number of aryl methyl sites for hydroxylation is 2. The van der Waals surface area contributed by atoms with Crippen LogP contribution in [0.3, 0.4) is 0 Å². The van der Waals surface area contributed by atoms with Gasteiger partial charge in [0.05, 0.1) is 0 Å². The van der Waals surface area contributed by atoms with E-state index in [1.807, 2.05) is 26.0 Å². The minimum absolute atomic E-state index is 0.0647. The highest BCUT2D eigenvalue weighted by Gasteiger charge is 2.10. The van der Waals surface area contributed by atoms with Crippen molar-refractivity contribution in [3.05, 3.63) is 69.1 Å². The van der Waals surface area contributed by atoms with Crippen LogP contribution in [0.15, 0.2) is 41.2 Å². The Morgan fingerprint density at radius 1 is 1.09 bits per heavy atom. The molecular weight excluding hydrogens is 292 g/mol. The van der Waals surface area contributed by atoms with Crippen LogP contribution in [0.5, 0.6) is 0 Å². The molecule has 1 aromatic carbocycles. The van der Waals surface area contributed by atoms with Crippen LogP contribution in [-0.2, 0) is 11.3 Å². The van der Waals surface area contributed by atoms with Crippen molar-refractivity contribution >= 4 is 11.7 Å². The number of carbonyl (C=O) groups is 2. The Kier molecular flexibility index (Phi) is 5.46. The summed E-state index contributed by atoms with van der Waals surface area (Å²) in [5.41, 5.74) is 2.58. The summed E-state index contributed by atoms with van der Waals surface area (Å²) in [5.74, 6) is -0.307. The number of Topliss-reactive ketones (excluding diaryl/α,β-unsaturated/α-hetero) is 1. The van der Waals surface area contributed by atoms with Gasteiger partial charge in [0.15, 0.2) is 5.78 Å². The lowest BCUT2D eigenvalue weighted by Crippen LogP contribution is -2.28. The molecule has 0 fully saturated rings. The van der Waals surface area contributed by atoms with E-state index < -0.39 is 0 Å². The lowest BCUT2D eigenvalue weighted by molar-refractivity contribution is -0.121. The van der Waals surface area contributed by atoms with E-state index in [-0.39, 0.29) is 36.6 Å². The molecule has 120 valence electrons. The third-order valence-electron chi connectivity index (χ3n) is 3.63. The number of hydrogen-bond donors (Lipinski definition) is 2. The number of amides is 1. The molecule has 0 saturated carbocycles. The van der Waals surface area contributed by atoms with Gasteiger partial charge in [-0.15, -0.1) is 0 Å². The van der Waals surface area contributed by atoms with Crippen LogP contribution in [0.1, 0.15) is 40.0 Å². The number of hydrogen-bond acceptors (Lipinski definition) is 3. The molecule has 0 aliphatic heterocycles. The number of pyridine rings is 1. The molecule has 2 aromatic rings. The number of ketones is 1. The Morgan fingerprint density at radius 2 is 1.78 bits per heavy atom. The first-order valence-electron chi connectivity index (χ1n) is 7.51. The second-order valence-electron chi connectivity index (χ2n) is 5.51. The summed E-state index contributed by atoms with van der Waals surface area (Å²) in [4.78, 5) is 38.4. The Labute approximate surface area is 134 Å². The SMILES string of the molecule is Cc1cc(C)c(CNC(=O)CCC(=O)c2ccccc2)c(=O)[nH]1. The van der Waals surface area contributed by atoms with Crippen LogP contribution < -0.4 is 10.9 Å². The Balaban J connectivity index is 1.87. The van der Waals surface area contributed by atoms with Gasteiger partial charge < -0.3 is 10.3 Å². The molecule has 0 spiro atoms. The third kappa shape index (κ3) is 4.64. The van der Waals surface area contributed by atoms with Crippen LogP contribution >= 0.6 is 0 Å². The molecule has 0 aliphatic rings. The summed E-state index contributed by atoms with van der Waals surface area (Å²) in [6, 6.07) is 10.7. The fourth-order valence-corrected chi connectivity index (χ4v) is 2.37. The molecule has 5 nitrogen and oxygen atoms in total. The standard InChI is InChI=1S/C18H20N2O3/c1-12-10-13(2)20-18(23)15(12)11-19-17(22)9-8-16(21)14-6-4-3-5-7-14/h3-7,10H,8-9,11H2,1-2H3,(H,19,22)(H,20,23). The van der Waals surface area contributed by atoms with Crippen LogP contribution in [-0.4, -0.2) is 16.7 Å². The topological polar surface area (TPSA) is 79.0 Å². The summed E-state index contributed by atoms with van der Waals surface area (Å²) in [6.07, 6.45) is 0.260. The normalized spacial score (nSPS) is 10.3. The predicted octanol–water partition coefficient (Wildman–Crippen LogP) is 2.27. The molecule has 5 heteroatoms. The number of aromatic nitrogens is 1. The molecule has 0 saturated heterocycles. The largest absolute Gasteiger partial charge is 0.352 e. The second kappa shape index (κ2) is 7.54. The van der Waals surface area contributed by atoms with Gasteiger partial charge in [-0.3, -0.25) is 14.4 Å². The first kappa shape index (κ1) is 16.7. The number of benzene rings is 1. The maximum Gasteiger partial charge on any atom is 0.253 e. The van der Waals surface area contributed by atoms with Gasteiger partial charge >= 0.3 is 0 Å². The van der Waals surface area contributed by atoms with Crippen molar-refractivity contribution in [1.29, 1.82) is 0 Å². The summed E-state index contributed by atoms with van der Waals surface area (Å²) in [7, 11) is 0. The quantitative estimate of drug-likeness (QED) is 0.803. The van der Waals surface area contributed by atoms with Crippen LogP contribution in [0, 0.1) is 13.8 Å². The average molecular weight is 312 g/mol. The van der Waals surface area contributed by atoms with Gasteiger partial charge in [-0.25, -0.2) is 0 Å². The van der Waals surface area contributed by atoms with Crippen molar-refractivity contribution in [3.63, 3.8) is 0 Å². The van der Waals surface area contributed by atoms with E-state index in [1.165, 1.54) is 0 Å². The molecule has 1 heterocycles.